The molecule has 3 unspecified atom stereocenters. The highest BCUT2D eigenvalue weighted by Gasteiger charge is 2.58. The molecule has 8 atom stereocenters. The van der Waals surface area contributed by atoms with Gasteiger partial charge in [-0.2, -0.15) is 0 Å². The summed E-state index contributed by atoms with van der Waals surface area (Å²) in [5, 5.41) is 10.4. The summed E-state index contributed by atoms with van der Waals surface area (Å²) in [7, 11) is 0. The first-order chi connectivity index (χ1) is 9.94. The predicted molar refractivity (Wildman–Crippen MR) is 85.7 cm³/mol. The van der Waals surface area contributed by atoms with E-state index in [0.717, 1.165) is 36.5 Å². The predicted octanol–water partition coefficient (Wildman–Crippen LogP) is 3.72. The Kier molecular flexibility index (Phi) is 3.25. The summed E-state index contributed by atoms with van der Waals surface area (Å²) in [4.78, 5) is 0. The molecular formula is C19H33NO. The van der Waals surface area contributed by atoms with Crippen LogP contribution in [-0.2, 0) is 0 Å². The minimum absolute atomic E-state index is 0.0277. The minimum atomic E-state index is -0.262. The maximum Gasteiger partial charge on any atom is 0.0696 e. The highest BCUT2D eigenvalue weighted by molar-refractivity contribution is 5.08. The zero-order valence-corrected chi connectivity index (χ0v) is 13.9. The van der Waals surface area contributed by atoms with Crippen molar-refractivity contribution in [2.45, 2.75) is 83.8 Å². The lowest BCUT2D eigenvalue weighted by atomic mass is 9.45. The largest absolute Gasteiger partial charge is 0.391 e. The number of rotatable bonds is 0. The first kappa shape index (κ1) is 14.5. The van der Waals surface area contributed by atoms with Crippen LogP contribution in [0.3, 0.4) is 0 Å². The van der Waals surface area contributed by atoms with E-state index in [1.165, 1.54) is 44.9 Å². The van der Waals surface area contributed by atoms with E-state index in [1.807, 2.05) is 0 Å². The summed E-state index contributed by atoms with van der Waals surface area (Å²) in [5.41, 5.74) is 7.18. The molecule has 2 nitrogen and oxygen atoms in total. The van der Waals surface area contributed by atoms with Crippen LogP contribution in [-0.4, -0.2) is 17.3 Å². The fourth-order valence-corrected chi connectivity index (χ4v) is 7.32. The van der Waals surface area contributed by atoms with E-state index >= 15 is 0 Å². The van der Waals surface area contributed by atoms with Gasteiger partial charge >= 0.3 is 0 Å². The molecule has 0 aromatic rings. The monoisotopic (exact) mass is 291 g/mol. The van der Waals surface area contributed by atoms with Gasteiger partial charge in [-0.25, -0.2) is 0 Å². The molecule has 120 valence electrons. The van der Waals surface area contributed by atoms with Crippen molar-refractivity contribution in [3.05, 3.63) is 0 Å². The van der Waals surface area contributed by atoms with Gasteiger partial charge in [0.25, 0.3) is 0 Å². The summed E-state index contributed by atoms with van der Waals surface area (Å²) in [6, 6.07) is 0.0277. The summed E-state index contributed by atoms with van der Waals surface area (Å²) >= 11 is 0. The molecule has 0 aliphatic heterocycles. The Balaban J connectivity index is 1.63. The number of hydrogen-bond acceptors (Lipinski definition) is 2. The average Bonchev–Trinajstić information content (AvgIpc) is 2.82. The molecule has 0 aromatic carbocycles. The Bertz CT molecular complexity index is 424. The average molecular weight is 291 g/mol. The Morgan fingerprint density at radius 3 is 2.62 bits per heavy atom. The molecule has 0 aromatic heterocycles. The van der Waals surface area contributed by atoms with Crippen LogP contribution in [0, 0.1) is 34.5 Å². The maximum atomic E-state index is 10.4. The van der Waals surface area contributed by atoms with E-state index < -0.39 is 0 Å². The number of aliphatic hydroxyl groups is 1. The van der Waals surface area contributed by atoms with E-state index in [2.05, 4.69) is 13.8 Å². The lowest BCUT2D eigenvalue weighted by molar-refractivity contribution is -0.129. The Morgan fingerprint density at radius 2 is 1.81 bits per heavy atom. The van der Waals surface area contributed by atoms with Crippen LogP contribution < -0.4 is 5.73 Å². The zero-order chi connectivity index (χ0) is 14.8. The highest BCUT2D eigenvalue weighted by atomic mass is 16.3. The fraction of sp³-hybridized carbons (Fsp3) is 1.00. The zero-order valence-electron chi connectivity index (χ0n) is 13.9. The van der Waals surface area contributed by atoms with Gasteiger partial charge in [0.15, 0.2) is 0 Å². The first-order valence-corrected chi connectivity index (χ1v) is 9.38. The van der Waals surface area contributed by atoms with Crippen LogP contribution in [0.25, 0.3) is 0 Å². The number of fused-ring (bicyclic) bond motifs is 5. The summed E-state index contributed by atoms with van der Waals surface area (Å²) in [5.74, 6) is 3.54. The highest BCUT2D eigenvalue weighted by Crippen LogP contribution is 2.66. The number of aliphatic hydroxyl groups excluding tert-OH is 1. The van der Waals surface area contributed by atoms with E-state index in [9.17, 15) is 5.11 Å². The van der Waals surface area contributed by atoms with Crippen molar-refractivity contribution in [3.63, 3.8) is 0 Å². The molecule has 3 N–H and O–H groups in total. The van der Waals surface area contributed by atoms with E-state index in [1.54, 1.807) is 0 Å². The summed E-state index contributed by atoms with van der Waals surface area (Å²) in [6.07, 6.45) is 11.8. The van der Waals surface area contributed by atoms with Crippen molar-refractivity contribution in [1.29, 1.82) is 0 Å². The molecule has 4 saturated carbocycles. The Morgan fingerprint density at radius 1 is 1.00 bits per heavy atom. The van der Waals surface area contributed by atoms with Gasteiger partial charge in [0.2, 0.25) is 0 Å². The molecule has 4 fully saturated rings. The molecule has 0 saturated heterocycles. The number of hydrogen-bond donors (Lipinski definition) is 2. The topological polar surface area (TPSA) is 46.2 Å². The second-order valence-electron chi connectivity index (χ2n) is 9.41. The quantitative estimate of drug-likeness (QED) is 0.714. The summed E-state index contributed by atoms with van der Waals surface area (Å²) < 4.78 is 0. The Hall–Kier alpha value is -0.0800. The van der Waals surface area contributed by atoms with Gasteiger partial charge in [-0.15, -0.1) is 0 Å². The van der Waals surface area contributed by atoms with Crippen LogP contribution in [0.1, 0.15) is 71.6 Å². The van der Waals surface area contributed by atoms with Crippen LogP contribution >= 0.6 is 0 Å². The second kappa shape index (κ2) is 4.71. The van der Waals surface area contributed by atoms with Gasteiger partial charge in [0, 0.05) is 6.04 Å². The van der Waals surface area contributed by atoms with E-state index in [-0.39, 0.29) is 12.1 Å². The molecule has 0 amide bonds. The van der Waals surface area contributed by atoms with Gasteiger partial charge in [-0.1, -0.05) is 20.3 Å². The van der Waals surface area contributed by atoms with Crippen molar-refractivity contribution < 1.29 is 5.11 Å². The molecule has 2 heteroatoms. The van der Waals surface area contributed by atoms with Crippen LogP contribution in [0.2, 0.25) is 0 Å². The lowest BCUT2D eigenvalue weighted by Crippen LogP contribution is -2.57. The lowest BCUT2D eigenvalue weighted by Gasteiger charge is -2.61. The molecule has 0 bridgehead atoms. The molecule has 4 aliphatic carbocycles. The molecule has 4 rings (SSSR count). The van der Waals surface area contributed by atoms with Gasteiger partial charge < -0.3 is 10.8 Å². The molecule has 4 aliphatic rings. The number of nitrogens with two attached hydrogens (primary N) is 1. The first-order valence-electron chi connectivity index (χ1n) is 9.38. The van der Waals surface area contributed by atoms with E-state index in [4.69, 9.17) is 5.73 Å². The van der Waals surface area contributed by atoms with Crippen LogP contribution in [0.4, 0.5) is 0 Å². The summed E-state index contributed by atoms with van der Waals surface area (Å²) in [6.45, 7) is 5.07. The van der Waals surface area contributed by atoms with Crippen molar-refractivity contribution in [1.82, 2.24) is 0 Å². The molecule has 0 radical (unpaired) electrons. The molecule has 21 heavy (non-hydrogen) atoms. The van der Waals surface area contributed by atoms with Gasteiger partial charge in [0.1, 0.15) is 0 Å². The molecule has 0 heterocycles. The smallest absolute Gasteiger partial charge is 0.0696 e. The third-order valence-electron chi connectivity index (χ3n) is 8.55. The SMILES string of the molecule is CC12CCC[C@H]1C1CC[C@H]3CC(N)[C@@H](O)C[C@]3(C)[C@H]1CC2. The standard InChI is InChI=1S/C19H33NO/c1-18-8-3-4-14(18)13-6-5-12-10-16(20)17(21)11-19(12,2)15(13)7-9-18/h12-17,21H,3-11,20H2,1-2H3/t12-,13?,14-,15-,16?,17-,18?,19-/m0/s1. The third-order valence-corrected chi connectivity index (χ3v) is 8.55. The van der Waals surface area contributed by atoms with Gasteiger partial charge in [0.05, 0.1) is 6.10 Å². The van der Waals surface area contributed by atoms with Crippen molar-refractivity contribution in [2.75, 3.05) is 0 Å². The van der Waals surface area contributed by atoms with Gasteiger partial charge in [-0.05, 0) is 85.9 Å². The minimum Gasteiger partial charge on any atom is -0.391 e. The van der Waals surface area contributed by atoms with Crippen LogP contribution in [0.15, 0.2) is 0 Å². The Labute approximate surface area is 129 Å². The van der Waals surface area contributed by atoms with Crippen LogP contribution in [0.5, 0.6) is 0 Å². The molecule has 0 spiro atoms. The van der Waals surface area contributed by atoms with Gasteiger partial charge in [-0.3, -0.25) is 0 Å². The van der Waals surface area contributed by atoms with Crippen molar-refractivity contribution >= 4 is 0 Å². The second-order valence-corrected chi connectivity index (χ2v) is 9.41. The van der Waals surface area contributed by atoms with Crippen molar-refractivity contribution in [2.24, 2.45) is 40.2 Å². The van der Waals surface area contributed by atoms with Crippen molar-refractivity contribution in [3.8, 4) is 0 Å². The van der Waals surface area contributed by atoms with E-state index in [0.29, 0.717) is 10.8 Å². The molecular weight excluding hydrogens is 258 g/mol. The fourth-order valence-electron chi connectivity index (χ4n) is 7.32. The third kappa shape index (κ3) is 1.97. The normalized spacial score (nSPS) is 60.0. The maximum absolute atomic E-state index is 10.4.